The lowest BCUT2D eigenvalue weighted by Crippen LogP contribution is -2.18. The van der Waals surface area contributed by atoms with Gasteiger partial charge in [-0.1, -0.05) is 17.8 Å². The summed E-state index contributed by atoms with van der Waals surface area (Å²) in [4.78, 5) is 25.2. The van der Waals surface area contributed by atoms with Crippen LogP contribution < -0.4 is 16.0 Å². The van der Waals surface area contributed by atoms with Gasteiger partial charge in [0, 0.05) is 17.9 Å². The van der Waals surface area contributed by atoms with Crippen molar-refractivity contribution in [1.82, 2.24) is 25.0 Å². The second-order valence-corrected chi connectivity index (χ2v) is 6.86. The summed E-state index contributed by atoms with van der Waals surface area (Å²) in [5.41, 5.74) is 9.80. The number of ether oxygens (including phenoxy) is 1. The van der Waals surface area contributed by atoms with Crippen molar-refractivity contribution in [2.75, 3.05) is 12.8 Å². The van der Waals surface area contributed by atoms with Crippen molar-refractivity contribution in [3.05, 3.63) is 30.1 Å². The number of nitrogens with one attached hydrogen (secondary N) is 1. The highest BCUT2D eigenvalue weighted by Crippen LogP contribution is 2.34. The van der Waals surface area contributed by atoms with E-state index >= 15 is 0 Å². The van der Waals surface area contributed by atoms with Gasteiger partial charge in [0.15, 0.2) is 22.1 Å². The fraction of sp³-hybridized carbons (Fsp3) is 0.294. The topological polar surface area (TPSA) is 128 Å². The fourth-order valence-electron chi connectivity index (χ4n) is 2.58. The van der Waals surface area contributed by atoms with Crippen molar-refractivity contribution in [3.8, 4) is 5.75 Å². The number of hydroxylamine groups is 1. The summed E-state index contributed by atoms with van der Waals surface area (Å²) in [5.74, 6) is 0.618. The fourth-order valence-corrected chi connectivity index (χ4v) is 3.61. The summed E-state index contributed by atoms with van der Waals surface area (Å²) in [6.45, 7) is 2.50. The summed E-state index contributed by atoms with van der Waals surface area (Å²) in [5, 5.41) is 9.35. The molecule has 3 aromatic rings. The van der Waals surface area contributed by atoms with Crippen LogP contribution in [-0.2, 0) is 11.3 Å². The van der Waals surface area contributed by atoms with Crippen LogP contribution in [0.3, 0.4) is 0 Å². The minimum absolute atomic E-state index is 0.180. The molecule has 0 atom stereocenters. The van der Waals surface area contributed by atoms with Crippen LogP contribution in [-0.4, -0.2) is 37.7 Å². The second kappa shape index (κ2) is 8.23. The number of carbonyl (C=O) groups excluding carboxylic acids is 1. The number of hydrogen-bond acceptors (Lipinski definition) is 8. The van der Waals surface area contributed by atoms with Gasteiger partial charge in [-0.2, -0.15) is 0 Å². The summed E-state index contributed by atoms with van der Waals surface area (Å²) in [6, 6.07) is 5.82. The molecule has 0 saturated heterocycles. The Balaban J connectivity index is 1.97. The van der Waals surface area contributed by atoms with Crippen LogP contribution >= 0.6 is 11.8 Å². The largest absolute Gasteiger partial charge is 0.497 e. The maximum Gasteiger partial charge on any atom is 0.243 e. The summed E-state index contributed by atoms with van der Waals surface area (Å²) in [7, 11) is 1.62. The van der Waals surface area contributed by atoms with E-state index in [-0.39, 0.29) is 6.42 Å². The third kappa shape index (κ3) is 4.12. The van der Waals surface area contributed by atoms with E-state index in [1.165, 1.54) is 18.1 Å². The molecule has 9 nitrogen and oxygen atoms in total. The second-order valence-electron chi connectivity index (χ2n) is 5.85. The maximum atomic E-state index is 11.3. The van der Waals surface area contributed by atoms with Crippen molar-refractivity contribution in [2.24, 2.45) is 0 Å². The molecule has 27 heavy (non-hydrogen) atoms. The molecule has 0 unspecified atom stereocenters. The molecule has 1 amide bonds. The number of nitrogens with two attached hydrogens (primary N) is 1. The van der Waals surface area contributed by atoms with Crippen molar-refractivity contribution >= 4 is 34.7 Å². The molecule has 0 aliphatic rings. The summed E-state index contributed by atoms with van der Waals surface area (Å²) in [6.07, 6.45) is 2.08. The molecule has 2 heterocycles. The van der Waals surface area contributed by atoms with Crippen LogP contribution in [0.25, 0.3) is 11.2 Å². The number of carbonyl (C=O) groups is 1. The van der Waals surface area contributed by atoms with E-state index in [4.69, 9.17) is 15.7 Å². The highest BCUT2D eigenvalue weighted by Gasteiger charge is 2.17. The highest BCUT2D eigenvalue weighted by atomic mass is 32.2. The molecule has 0 aliphatic carbocycles. The van der Waals surface area contributed by atoms with Gasteiger partial charge in [0.05, 0.1) is 7.11 Å². The van der Waals surface area contributed by atoms with Gasteiger partial charge in [0.1, 0.15) is 12.1 Å². The maximum absolute atomic E-state index is 11.3. The number of aromatic nitrogens is 4. The third-order valence-corrected chi connectivity index (χ3v) is 5.19. The standard InChI is InChI=1S/C17H20N6O3S/c1-10-5-6-11(26-2)8-12(10)27-17-21-14-15(18)19-9-20-16(14)23(17)7-3-4-13(24)22-25/h5-6,8-9,25H,3-4,7H2,1-2H3,(H,22,24)(H2,18,19,20). The predicted molar refractivity (Wildman–Crippen MR) is 101 cm³/mol. The quantitative estimate of drug-likeness (QED) is 0.415. The van der Waals surface area contributed by atoms with Gasteiger partial charge < -0.3 is 15.0 Å². The first-order chi connectivity index (χ1) is 13.0. The van der Waals surface area contributed by atoms with Gasteiger partial charge in [-0.15, -0.1) is 0 Å². The molecule has 10 heteroatoms. The molecule has 0 radical (unpaired) electrons. The van der Waals surface area contributed by atoms with E-state index in [1.807, 2.05) is 29.7 Å². The molecule has 4 N–H and O–H groups in total. The monoisotopic (exact) mass is 388 g/mol. The first-order valence-corrected chi connectivity index (χ1v) is 9.07. The molecule has 142 valence electrons. The lowest BCUT2D eigenvalue weighted by Gasteiger charge is -2.10. The average molecular weight is 388 g/mol. The SMILES string of the molecule is COc1ccc(C)c(Sc2nc3c(N)ncnc3n2CCCC(=O)NO)c1. The van der Waals surface area contributed by atoms with Gasteiger partial charge >= 0.3 is 0 Å². The van der Waals surface area contributed by atoms with Crippen molar-refractivity contribution in [3.63, 3.8) is 0 Å². The molecule has 0 aliphatic heterocycles. The molecule has 0 fully saturated rings. The molecular formula is C17H20N6O3S. The number of anilines is 1. The van der Waals surface area contributed by atoms with E-state index in [2.05, 4.69) is 15.0 Å². The van der Waals surface area contributed by atoms with Crippen molar-refractivity contribution in [2.45, 2.75) is 36.4 Å². The minimum Gasteiger partial charge on any atom is -0.497 e. The zero-order valence-corrected chi connectivity index (χ0v) is 15.8. The Hall–Kier alpha value is -2.85. The van der Waals surface area contributed by atoms with Gasteiger partial charge in [0.25, 0.3) is 0 Å². The van der Waals surface area contributed by atoms with Crippen LogP contribution in [0.5, 0.6) is 5.75 Å². The number of benzene rings is 1. The van der Waals surface area contributed by atoms with Gasteiger partial charge in [-0.05, 0) is 31.0 Å². The Morgan fingerprint density at radius 1 is 1.41 bits per heavy atom. The van der Waals surface area contributed by atoms with Crippen LogP contribution in [0.4, 0.5) is 5.82 Å². The van der Waals surface area contributed by atoms with Gasteiger partial charge in [-0.3, -0.25) is 10.0 Å². The van der Waals surface area contributed by atoms with Crippen LogP contribution in [0.1, 0.15) is 18.4 Å². The van der Waals surface area contributed by atoms with Gasteiger partial charge in [0.2, 0.25) is 5.91 Å². The number of fused-ring (bicyclic) bond motifs is 1. The summed E-state index contributed by atoms with van der Waals surface area (Å²) < 4.78 is 7.21. The van der Waals surface area contributed by atoms with Gasteiger partial charge in [-0.25, -0.2) is 20.4 Å². The first kappa shape index (κ1) is 18.9. The Morgan fingerprint density at radius 2 is 2.22 bits per heavy atom. The zero-order chi connectivity index (χ0) is 19.4. The number of hydrogen-bond donors (Lipinski definition) is 3. The van der Waals surface area contributed by atoms with E-state index in [1.54, 1.807) is 12.6 Å². The Bertz CT molecular complexity index is 975. The van der Waals surface area contributed by atoms with Crippen molar-refractivity contribution in [1.29, 1.82) is 0 Å². The Morgan fingerprint density at radius 3 is 2.96 bits per heavy atom. The smallest absolute Gasteiger partial charge is 0.243 e. The van der Waals surface area contributed by atoms with E-state index in [9.17, 15) is 4.79 Å². The average Bonchev–Trinajstić information content (AvgIpc) is 3.02. The molecule has 1 aromatic carbocycles. The number of imidazole rings is 1. The molecule has 0 bridgehead atoms. The number of nitrogens with zero attached hydrogens (tertiary/aromatic N) is 4. The zero-order valence-electron chi connectivity index (χ0n) is 15.0. The Labute approximate surface area is 159 Å². The molecule has 0 saturated carbocycles. The lowest BCUT2D eigenvalue weighted by molar-refractivity contribution is -0.129. The molecule has 3 rings (SSSR count). The Kier molecular flexibility index (Phi) is 5.77. The third-order valence-electron chi connectivity index (χ3n) is 4.03. The minimum atomic E-state index is -0.439. The van der Waals surface area contributed by atoms with Crippen LogP contribution in [0.2, 0.25) is 0 Å². The van der Waals surface area contributed by atoms with Crippen LogP contribution in [0.15, 0.2) is 34.6 Å². The number of amides is 1. The number of rotatable bonds is 7. The predicted octanol–water partition coefficient (Wildman–Crippen LogP) is 2.16. The number of methoxy groups -OCH3 is 1. The first-order valence-electron chi connectivity index (χ1n) is 8.25. The number of aryl methyl sites for hydroxylation is 2. The normalized spacial score (nSPS) is 10.9. The van der Waals surface area contributed by atoms with Crippen LogP contribution in [0, 0.1) is 6.92 Å². The lowest BCUT2D eigenvalue weighted by atomic mass is 10.2. The van der Waals surface area contributed by atoms with E-state index in [0.29, 0.717) is 35.1 Å². The van der Waals surface area contributed by atoms with E-state index in [0.717, 1.165) is 16.2 Å². The number of nitrogen functional groups attached to an aromatic ring is 1. The van der Waals surface area contributed by atoms with Crippen molar-refractivity contribution < 1.29 is 14.7 Å². The molecular weight excluding hydrogens is 368 g/mol. The molecule has 2 aromatic heterocycles. The van der Waals surface area contributed by atoms with E-state index < -0.39 is 5.91 Å². The summed E-state index contributed by atoms with van der Waals surface area (Å²) >= 11 is 1.47. The highest BCUT2D eigenvalue weighted by molar-refractivity contribution is 7.99. The molecule has 0 spiro atoms.